The third kappa shape index (κ3) is 2.21. The number of ether oxygens (including phenoxy) is 1. The van der Waals surface area contributed by atoms with Crippen LogP contribution in [0.25, 0.3) is 0 Å². The van der Waals surface area contributed by atoms with Crippen LogP contribution in [0.5, 0.6) is 0 Å². The van der Waals surface area contributed by atoms with Gasteiger partial charge in [0.15, 0.2) is 6.23 Å². The number of hydrogen-bond acceptors (Lipinski definition) is 6. The van der Waals surface area contributed by atoms with Gasteiger partial charge in [0, 0.05) is 6.92 Å². The molecule has 1 aliphatic rings. The van der Waals surface area contributed by atoms with Gasteiger partial charge < -0.3 is 20.1 Å². The summed E-state index contributed by atoms with van der Waals surface area (Å²) in [6.07, 6.45) is -3.84. The maximum Gasteiger partial charge on any atom is 0.305 e. The molecule has 0 spiro atoms. The lowest BCUT2D eigenvalue weighted by Crippen LogP contribution is -2.33. The molecule has 1 fully saturated rings. The van der Waals surface area contributed by atoms with E-state index in [4.69, 9.17) is 9.84 Å². The van der Waals surface area contributed by atoms with Gasteiger partial charge in [0.1, 0.15) is 24.6 Å². The van der Waals surface area contributed by atoms with E-state index in [0.717, 1.165) is 11.0 Å². The fourth-order valence-electron chi connectivity index (χ4n) is 1.70. The summed E-state index contributed by atoms with van der Waals surface area (Å²) in [7, 11) is 0. The molecule has 2 rings (SSSR count). The molecule has 0 radical (unpaired) electrons. The molecule has 0 saturated carbocycles. The fourth-order valence-corrected chi connectivity index (χ4v) is 1.70. The van der Waals surface area contributed by atoms with Gasteiger partial charge in [-0.25, -0.2) is 9.67 Å². The SMILES string of the molecule is CC(F)(F)c1ncn(C2O[C@H](CO)[C@@H](O)[C@H]2O)n1. The summed E-state index contributed by atoms with van der Waals surface area (Å²) in [4.78, 5) is 3.41. The van der Waals surface area contributed by atoms with Crippen molar-refractivity contribution in [2.75, 3.05) is 6.61 Å². The van der Waals surface area contributed by atoms with E-state index in [9.17, 15) is 19.0 Å². The highest BCUT2D eigenvalue weighted by molar-refractivity contribution is 4.94. The maximum absolute atomic E-state index is 12.9. The molecule has 18 heavy (non-hydrogen) atoms. The number of halogens is 2. The minimum absolute atomic E-state index is 0.500. The monoisotopic (exact) mass is 265 g/mol. The summed E-state index contributed by atoms with van der Waals surface area (Å²) in [6, 6.07) is 0. The first-order valence-corrected chi connectivity index (χ1v) is 5.26. The Labute approximate surface area is 101 Å². The molecule has 1 aromatic rings. The molecule has 0 bridgehead atoms. The Kier molecular flexibility index (Phi) is 3.32. The molecule has 9 heteroatoms. The van der Waals surface area contributed by atoms with Crippen molar-refractivity contribution in [1.82, 2.24) is 14.8 Å². The van der Waals surface area contributed by atoms with Crippen LogP contribution in [0, 0.1) is 0 Å². The predicted octanol–water partition coefficient (Wildman–Crippen LogP) is -0.999. The summed E-state index contributed by atoms with van der Waals surface area (Å²) >= 11 is 0. The molecule has 0 aromatic carbocycles. The van der Waals surface area contributed by atoms with Crippen LogP contribution >= 0.6 is 0 Å². The van der Waals surface area contributed by atoms with Gasteiger partial charge in [0.2, 0.25) is 5.82 Å². The highest BCUT2D eigenvalue weighted by atomic mass is 19.3. The Morgan fingerprint density at radius 2 is 2.11 bits per heavy atom. The zero-order valence-corrected chi connectivity index (χ0v) is 9.44. The molecule has 3 N–H and O–H groups in total. The first-order chi connectivity index (χ1) is 8.34. The zero-order valence-electron chi connectivity index (χ0n) is 9.44. The average Bonchev–Trinajstić information content (AvgIpc) is 2.86. The van der Waals surface area contributed by atoms with E-state index in [2.05, 4.69) is 10.1 Å². The molecule has 7 nitrogen and oxygen atoms in total. The summed E-state index contributed by atoms with van der Waals surface area (Å²) in [5.74, 6) is -3.91. The largest absolute Gasteiger partial charge is 0.394 e. The number of aromatic nitrogens is 3. The highest BCUT2D eigenvalue weighted by Gasteiger charge is 2.44. The van der Waals surface area contributed by atoms with Crippen molar-refractivity contribution in [3.63, 3.8) is 0 Å². The van der Waals surface area contributed by atoms with Crippen LogP contribution in [0.15, 0.2) is 6.33 Å². The van der Waals surface area contributed by atoms with Gasteiger partial charge in [-0.15, -0.1) is 5.10 Å². The molecule has 1 saturated heterocycles. The van der Waals surface area contributed by atoms with Crippen LogP contribution in [0.2, 0.25) is 0 Å². The van der Waals surface area contributed by atoms with Crippen LogP contribution in [0.4, 0.5) is 8.78 Å². The van der Waals surface area contributed by atoms with Crippen molar-refractivity contribution in [1.29, 1.82) is 0 Å². The first-order valence-electron chi connectivity index (χ1n) is 5.26. The smallest absolute Gasteiger partial charge is 0.305 e. The molecular formula is C9H13F2N3O4. The van der Waals surface area contributed by atoms with E-state index in [0.29, 0.717) is 6.92 Å². The van der Waals surface area contributed by atoms with Crippen LogP contribution in [0.3, 0.4) is 0 Å². The summed E-state index contributed by atoms with van der Waals surface area (Å²) in [5, 5.41) is 31.6. The molecule has 2 heterocycles. The highest BCUT2D eigenvalue weighted by Crippen LogP contribution is 2.30. The van der Waals surface area contributed by atoms with Gasteiger partial charge in [0.05, 0.1) is 6.61 Å². The number of rotatable bonds is 3. The number of aliphatic hydroxyl groups is 3. The molecule has 1 aliphatic heterocycles. The number of hydrogen-bond donors (Lipinski definition) is 3. The number of nitrogens with zero attached hydrogens (tertiary/aromatic N) is 3. The topological polar surface area (TPSA) is 101 Å². The lowest BCUT2D eigenvalue weighted by Gasteiger charge is -2.14. The van der Waals surface area contributed by atoms with Crippen LogP contribution in [-0.4, -0.2) is 55.0 Å². The van der Waals surface area contributed by atoms with Crippen LogP contribution in [0.1, 0.15) is 19.0 Å². The lowest BCUT2D eigenvalue weighted by atomic mass is 10.1. The normalized spacial score (nSPS) is 33.0. The van der Waals surface area contributed by atoms with Crippen molar-refractivity contribution < 1.29 is 28.8 Å². The van der Waals surface area contributed by atoms with Gasteiger partial charge in [-0.05, 0) is 0 Å². The minimum Gasteiger partial charge on any atom is -0.394 e. The van der Waals surface area contributed by atoms with E-state index in [1.165, 1.54) is 0 Å². The Morgan fingerprint density at radius 3 is 2.56 bits per heavy atom. The molecule has 1 unspecified atom stereocenters. The molecule has 1 aromatic heterocycles. The minimum atomic E-state index is -3.20. The molecular weight excluding hydrogens is 252 g/mol. The van der Waals surface area contributed by atoms with E-state index in [1.807, 2.05) is 0 Å². The third-order valence-corrected chi connectivity index (χ3v) is 2.68. The summed E-state index contributed by atoms with van der Waals surface area (Å²) < 4.78 is 31.9. The number of aliphatic hydroxyl groups excluding tert-OH is 3. The molecule has 4 atom stereocenters. The van der Waals surface area contributed by atoms with Crippen molar-refractivity contribution in [2.45, 2.75) is 37.4 Å². The second-order valence-electron chi connectivity index (χ2n) is 4.17. The fraction of sp³-hybridized carbons (Fsp3) is 0.778. The third-order valence-electron chi connectivity index (χ3n) is 2.68. The van der Waals surface area contributed by atoms with Crippen LogP contribution < -0.4 is 0 Å². The first kappa shape index (κ1) is 13.3. The van der Waals surface area contributed by atoms with Gasteiger partial charge >= 0.3 is 5.92 Å². The van der Waals surface area contributed by atoms with Gasteiger partial charge in [-0.2, -0.15) is 8.78 Å². The Bertz CT molecular complexity index is 422. The molecule has 102 valence electrons. The van der Waals surface area contributed by atoms with Gasteiger partial charge in [0.25, 0.3) is 0 Å². The van der Waals surface area contributed by atoms with Gasteiger partial charge in [-0.1, -0.05) is 0 Å². The predicted molar refractivity (Wildman–Crippen MR) is 52.6 cm³/mol. The van der Waals surface area contributed by atoms with Crippen LogP contribution in [-0.2, 0) is 10.7 Å². The average molecular weight is 265 g/mol. The van der Waals surface area contributed by atoms with Crippen molar-refractivity contribution in [3.05, 3.63) is 12.2 Å². The van der Waals surface area contributed by atoms with Crippen molar-refractivity contribution in [3.8, 4) is 0 Å². The maximum atomic E-state index is 12.9. The number of alkyl halides is 2. The van der Waals surface area contributed by atoms with Gasteiger partial charge in [-0.3, -0.25) is 0 Å². The molecule has 0 aliphatic carbocycles. The second kappa shape index (κ2) is 4.50. The molecule has 0 amide bonds. The second-order valence-corrected chi connectivity index (χ2v) is 4.17. The quantitative estimate of drug-likeness (QED) is 0.648. The lowest BCUT2D eigenvalue weighted by molar-refractivity contribution is -0.0603. The Balaban J connectivity index is 2.20. The Morgan fingerprint density at radius 1 is 1.44 bits per heavy atom. The van der Waals surface area contributed by atoms with Crippen molar-refractivity contribution in [2.24, 2.45) is 0 Å². The standard InChI is InChI=1S/C9H13F2N3O4/c1-9(10,11)8-12-3-14(13-8)7-6(17)5(16)4(2-15)18-7/h3-7,15-17H,2H2,1H3/t4-,5-,6-,7?/m1/s1. The van der Waals surface area contributed by atoms with E-state index < -0.39 is 42.9 Å². The van der Waals surface area contributed by atoms with E-state index in [-0.39, 0.29) is 0 Å². The van der Waals surface area contributed by atoms with E-state index in [1.54, 1.807) is 0 Å². The Hall–Kier alpha value is -1.16. The zero-order chi connectivity index (χ0) is 13.5. The van der Waals surface area contributed by atoms with E-state index >= 15 is 0 Å². The summed E-state index contributed by atoms with van der Waals surface area (Å²) in [5.41, 5.74) is 0. The summed E-state index contributed by atoms with van der Waals surface area (Å²) in [6.45, 7) is 0.143. The van der Waals surface area contributed by atoms with Crippen molar-refractivity contribution >= 4 is 0 Å².